The van der Waals surface area contributed by atoms with Gasteiger partial charge in [0.05, 0.1) is 25.5 Å². The van der Waals surface area contributed by atoms with Crippen molar-refractivity contribution < 1.29 is 9.47 Å². The SMILES string of the molecule is COc1ccc(OCCn2nncc2CN)cc1. The van der Waals surface area contributed by atoms with E-state index in [1.165, 1.54) is 0 Å². The maximum Gasteiger partial charge on any atom is 0.119 e. The summed E-state index contributed by atoms with van der Waals surface area (Å²) in [6.45, 7) is 1.57. The Kier molecular flexibility index (Phi) is 4.14. The molecule has 0 unspecified atom stereocenters. The van der Waals surface area contributed by atoms with Crippen molar-refractivity contribution in [3.05, 3.63) is 36.2 Å². The van der Waals surface area contributed by atoms with Crippen molar-refractivity contribution in [2.45, 2.75) is 13.1 Å². The van der Waals surface area contributed by atoms with E-state index < -0.39 is 0 Å². The van der Waals surface area contributed by atoms with Crippen LogP contribution in [0.15, 0.2) is 30.5 Å². The van der Waals surface area contributed by atoms with E-state index >= 15 is 0 Å². The smallest absolute Gasteiger partial charge is 0.119 e. The van der Waals surface area contributed by atoms with E-state index in [0.717, 1.165) is 17.2 Å². The minimum absolute atomic E-state index is 0.426. The molecule has 0 aliphatic rings. The first-order valence-electron chi connectivity index (χ1n) is 5.68. The van der Waals surface area contributed by atoms with Crippen LogP contribution in [0.2, 0.25) is 0 Å². The van der Waals surface area contributed by atoms with Crippen LogP contribution in [0, 0.1) is 0 Å². The Bertz CT molecular complexity index is 481. The zero-order valence-corrected chi connectivity index (χ0v) is 10.2. The van der Waals surface area contributed by atoms with Gasteiger partial charge in [-0.05, 0) is 24.3 Å². The molecule has 1 heterocycles. The van der Waals surface area contributed by atoms with Crippen molar-refractivity contribution in [1.29, 1.82) is 0 Å². The first kappa shape index (κ1) is 12.4. The Balaban J connectivity index is 1.84. The number of hydrogen-bond acceptors (Lipinski definition) is 5. The van der Waals surface area contributed by atoms with Crippen molar-refractivity contribution in [1.82, 2.24) is 15.0 Å². The Morgan fingerprint density at radius 3 is 2.61 bits per heavy atom. The Hall–Kier alpha value is -2.08. The van der Waals surface area contributed by atoms with E-state index in [2.05, 4.69) is 10.3 Å². The van der Waals surface area contributed by atoms with Crippen LogP contribution in [-0.4, -0.2) is 28.7 Å². The maximum absolute atomic E-state index is 5.59. The molecule has 0 aliphatic heterocycles. The molecule has 0 saturated carbocycles. The Labute approximate surface area is 105 Å². The summed E-state index contributed by atoms with van der Waals surface area (Å²) < 4.78 is 12.4. The number of hydrogen-bond donors (Lipinski definition) is 1. The number of nitrogens with two attached hydrogens (primary N) is 1. The fourth-order valence-electron chi connectivity index (χ4n) is 1.55. The van der Waals surface area contributed by atoms with Gasteiger partial charge in [0.15, 0.2) is 0 Å². The highest BCUT2D eigenvalue weighted by atomic mass is 16.5. The predicted octanol–water partition coefficient (Wildman–Crippen LogP) is 0.824. The lowest BCUT2D eigenvalue weighted by atomic mass is 10.3. The standard InChI is InChI=1S/C12H16N4O2/c1-17-11-2-4-12(5-3-11)18-7-6-16-10(8-13)9-14-15-16/h2-5,9H,6-8,13H2,1H3. The summed E-state index contributed by atoms with van der Waals surface area (Å²) in [5.41, 5.74) is 6.45. The molecule has 18 heavy (non-hydrogen) atoms. The van der Waals surface area contributed by atoms with Crippen molar-refractivity contribution in [2.24, 2.45) is 5.73 Å². The molecule has 2 rings (SSSR count). The molecule has 0 aliphatic carbocycles. The quantitative estimate of drug-likeness (QED) is 0.819. The van der Waals surface area contributed by atoms with Gasteiger partial charge in [0.2, 0.25) is 0 Å². The summed E-state index contributed by atoms with van der Waals surface area (Å²) in [5, 5.41) is 7.73. The van der Waals surface area contributed by atoms with Crippen LogP contribution in [0.5, 0.6) is 11.5 Å². The lowest BCUT2D eigenvalue weighted by Gasteiger charge is -2.08. The third-order valence-corrected chi connectivity index (χ3v) is 2.54. The summed E-state index contributed by atoms with van der Waals surface area (Å²) in [7, 11) is 1.63. The van der Waals surface area contributed by atoms with Gasteiger partial charge in [-0.1, -0.05) is 5.21 Å². The molecule has 0 atom stereocenters. The van der Waals surface area contributed by atoms with Crippen LogP contribution < -0.4 is 15.2 Å². The van der Waals surface area contributed by atoms with Crippen molar-refractivity contribution in [3.8, 4) is 11.5 Å². The minimum Gasteiger partial charge on any atom is -0.497 e. The van der Waals surface area contributed by atoms with Crippen molar-refractivity contribution in [2.75, 3.05) is 13.7 Å². The van der Waals surface area contributed by atoms with Crippen LogP contribution in [-0.2, 0) is 13.1 Å². The van der Waals surface area contributed by atoms with E-state index in [0.29, 0.717) is 19.7 Å². The van der Waals surface area contributed by atoms with Gasteiger partial charge in [0.25, 0.3) is 0 Å². The summed E-state index contributed by atoms with van der Waals surface area (Å²) in [6, 6.07) is 7.44. The predicted molar refractivity (Wildman–Crippen MR) is 66.4 cm³/mol. The van der Waals surface area contributed by atoms with Crippen LogP contribution >= 0.6 is 0 Å². The number of benzene rings is 1. The van der Waals surface area contributed by atoms with Crippen molar-refractivity contribution in [3.63, 3.8) is 0 Å². The van der Waals surface area contributed by atoms with Gasteiger partial charge >= 0.3 is 0 Å². The zero-order valence-electron chi connectivity index (χ0n) is 10.2. The highest BCUT2D eigenvalue weighted by molar-refractivity contribution is 5.31. The molecule has 0 saturated heterocycles. The number of aromatic nitrogens is 3. The van der Waals surface area contributed by atoms with Gasteiger partial charge in [0.1, 0.15) is 18.1 Å². The molecular weight excluding hydrogens is 232 g/mol. The van der Waals surface area contributed by atoms with Crippen molar-refractivity contribution >= 4 is 0 Å². The van der Waals surface area contributed by atoms with Gasteiger partial charge in [-0.15, -0.1) is 5.10 Å². The van der Waals surface area contributed by atoms with E-state index in [-0.39, 0.29) is 0 Å². The van der Waals surface area contributed by atoms with E-state index in [4.69, 9.17) is 15.2 Å². The van der Waals surface area contributed by atoms with Gasteiger partial charge in [0, 0.05) is 6.54 Å². The second-order valence-electron chi connectivity index (χ2n) is 3.68. The molecule has 0 fully saturated rings. The lowest BCUT2D eigenvalue weighted by Crippen LogP contribution is -2.14. The van der Waals surface area contributed by atoms with Crippen LogP contribution in [0.4, 0.5) is 0 Å². The van der Waals surface area contributed by atoms with E-state index in [1.54, 1.807) is 18.0 Å². The normalized spacial score (nSPS) is 10.3. The fourth-order valence-corrected chi connectivity index (χ4v) is 1.55. The molecule has 1 aromatic carbocycles. The zero-order chi connectivity index (χ0) is 12.8. The van der Waals surface area contributed by atoms with Crippen LogP contribution in [0.25, 0.3) is 0 Å². The average Bonchev–Trinajstić information content (AvgIpc) is 2.87. The summed E-state index contributed by atoms with van der Waals surface area (Å²) in [5.74, 6) is 1.61. The van der Waals surface area contributed by atoms with E-state index in [1.807, 2.05) is 24.3 Å². The van der Waals surface area contributed by atoms with Gasteiger partial charge < -0.3 is 15.2 Å². The summed E-state index contributed by atoms with van der Waals surface area (Å²) >= 11 is 0. The third kappa shape index (κ3) is 2.98. The molecule has 0 bridgehead atoms. The van der Waals surface area contributed by atoms with E-state index in [9.17, 15) is 0 Å². The largest absolute Gasteiger partial charge is 0.497 e. The first-order valence-corrected chi connectivity index (χ1v) is 5.68. The van der Waals surface area contributed by atoms with Crippen LogP contribution in [0.3, 0.4) is 0 Å². The number of ether oxygens (including phenoxy) is 2. The van der Waals surface area contributed by atoms with Crippen LogP contribution in [0.1, 0.15) is 5.69 Å². The second-order valence-corrected chi connectivity index (χ2v) is 3.68. The Morgan fingerprint density at radius 2 is 1.94 bits per heavy atom. The molecular formula is C12H16N4O2. The van der Waals surface area contributed by atoms with Gasteiger partial charge in [-0.25, -0.2) is 4.68 Å². The Morgan fingerprint density at radius 1 is 1.22 bits per heavy atom. The third-order valence-electron chi connectivity index (χ3n) is 2.54. The average molecular weight is 248 g/mol. The topological polar surface area (TPSA) is 75.2 Å². The highest BCUT2D eigenvalue weighted by Gasteiger charge is 2.01. The molecule has 6 nitrogen and oxygen atoms in total. The molecule has 0 radical (unpaired) electrons. The number of methoxy groups -OCH3 is 1. The minimum atomic E-state index is 0.426. The summed E-state index contributed by atoms with van der Waals surface area (Å²) in [6.07, 6.45) is 1.66. The molecule has 1 aromatic heterocycles. The number of rotatable bonds is 6. The molecule has 6 heteroatoms. The van der Waals surface area contributed by atoms with Gasteiger partial charge in [-0.2, -0.15) is 0 Å². The molecule has 2 N–H and O–H groups in total. The highest BCUT2D eigenvalue weighted by Crippen LogP contribution is 2.16. The monoisotopic (exact) mass is 248 g/mol. The fraction of sp³-hybridized carbons (Fsp3) is 0.333. The first-order chi connectivity index (χ1) is 8.83. The molecule has 2 aromatic rings. The second kappa shape index (κ2) is 6.02. The maximum atomic E-state index is 5.59. The molecule has 96 valence electrons. The number of nitrogens with zero attached hydrogens (tertiary/aromatic N) is 3. The van der Waals surface area contributed by atoms with Gasteiger partial charge in [-0.3, -0.25) is 0 Å². The molecule has 0 spiro atoms. The molecule has 0 amide bonds. The lowest BCUT2D eigenvalue weighted by molar-refractivity contribution is 0.287. The summed E-state index contributed by atoms with van der Waals surface area (Å²) in [4.78, 5) is 0.